The first-order valence-electron chi connectivity index (χ1n) is 4.17. The zero-order valence-electron chi connectivity index (χ0n) is 8.13. The van der Waals surface area contributed by atoms with Crippen LogP contribution in [0.15, 0.2) is 12.1 Å². The molecule has 0 saturated heterocycles. The molecule has 1 aromatic carbocycles. The molecule has 0 aliphatic carbocycles. The van der Waals surface area contributed by atoms with E-state index in [0.29, 0.717) is 11.5 Å². The van der Waals surface area contributed by atoms with Crippen LogP contribution in [0.1, 0.15) is 12.5 Å². The molecule has 0 saturated carbocycles. The number of methoxy groups -OCH3 is 2. The van der Waals surface area contributed by atoms with Crippen molar-refractivity contribution in [2.24, 2.45) is 0 Å². The average Bonchev–Trinajstić information content (AvgIpc) is 2.17. The second-order valence-corrected chi connectivity index (χ2v) is 2.66. The summed E-state index contributed by atoms with van der Waals surface area (Å²) < 4.78 is 10.0. The molecule has 0 unspecified atom stereocenters. The van der Waals surface area contributed by atoms with E-state index in [4.69, 9.17) is 9.47 Å². The van der Waals surface area contributed by atoms with E-state index >= 15 is 0 Å². The van der Waals surface area contributed by atoms with Gasteiger partial charge in [0, 0.05) is 0 Å². The van der Waals surface area contributed by atoms with Gasteiger partial charge in [-0.05, 0) is 18.1 Å². The SMILES string of the molecule is CCc1ccc(OC)c(O)c1OC. The molecular weight excluding hydrogens is 168 g/mol. The molecule has 72 valence electrons. The van der Waals surface area contributed by atoms with Crippen molar-refractivity contribution in [1.29, 1.82) is 0 Å². The van der Waals surface area contributed by atoms with Gasteiger partial charge in [0.15, 0.2) is 11.5 Å². The molecule has 0 spiro atoms. The minimum absolute atomic E-state index is 0.0735. The molecule has 0 aliphatic heterocycles. The van der Waals surface area contributed by atoms with Gasteiger partial charge >= 0.3 is 0 Å². The number of ether oxygens (including phenoxy) is 2. The van der Waals surface area contributed by atoms with Crippen molar-refractivity contribution in [2.45, 2.75) is 13.3 Å². The fourth-order valence-electron chi connectivity index (χ4n) is 1.27. The Morgan fingerprint density at radius 3 is 2.38 bits per heavy atom. The van der Waals surface area contributed by atoms with Crippen molar-refractivity contribution in [3.05, 3.63) is 17.7 Å². The maximum atomic E-state index is 9.65. The second-order valence-electron chi connectivity index (χ2n) is 2.66. The maximum Gasteiger partial charge on any atom is 0.201 e. The molecule has 3 heteroatoms. The van der Waals surface area contributed by atoms with Crippen LogP contribution in [-0.4, -0.2) is 19.3 Å². The molecule has 0 aliphatic rings. The fraction of sp³-hybridized carbons (Fsp3) is 0.400. The van der Waals surface area contributed by atoms with E-state index in [2.05, 4.69) is 0 Å². The highest BCUT2D eigenvalue weighted by atomic mass is 16.5. The second kappa shape index (κ2) is 4.03. The van der Waals surface area contributed by atoms with Crippen LogP contribution in [0.2, 0.25) is 0 Å². The Balaban J connectivity index is 3.23. The van der Waals surface area contributed by atoms with Crippen LogP contribution >= 0.6 is 0 Å². The number of phenolic OH excluding ortho intramolecular Hbond substituents is 1. The minimum Gasteiger partial charge on any atom is -0.502 e. The average molecular weight is 182 g/mol. The van der Waals surface area contributed by atoms with Gasteiger partial charge in [-0.15, -0.1) is 0 Å². The summed E-state index contributed by atoms with van der Waals surface area (Å²) in [7, 11) is 3.05. The number of aromatic hydroxyl groups is 1. The highest BCUT2D eigenvalue weighted by Crippen LogP contribution is 2.38. The number of rotatable bonds is 3. The van der Waals surface area contributed by atoms with Gasteiger partial charge in [0.2, 0.25) is 5.75 Å². The van der Waals surface area contributed by atoms with Crippen molar-refractivity contribution in [2.75, 3.05) is 14.2 Å². The third-order valence-corrected chi connectivity index (χ3v) is 1.98. The summed E-state index contributed by atoms with van der Waals surface area (Å²) >= 11 is 0. The molecule has 0 heterocycles. The molecule has 1 rings (SSSR count). The van der Waals surface area contributed by atoms with E-state index in [1.54, 1.807) is 6.07 Å². The van der Waals surface area contributed by atoms with Crippen molar-refractivity contribution in [1.82, 2.24) is 0 Å². The lowest BCUT2D eigenvalue weighted by molar-refractivity contribution is 0.337. The monoisotopic (exact) mass is 182 g/mol. The van der Waals surface area contributed by atoms with Crippen LogP contribution in [0.3, 0.4) is 0 Å². The first-order chi connectivity index (χ1) is 6.24. The normalized spacial score (nSPS) is 9.77. The van der Waals surface area contributed by atoms with E-state index in [0.717, 1.165) is 12.0 Å². The summed E-state index contributed by atoms with van der Waals surface area (Å²) in [5.41, 5.74) is 0.973. The van der Waals surface area contributed by atoms with Crippen LogP contribution < -0.4 is 9.47 Å². The van der Waals surface area contributed by atoms with Crippen molar-refractivity contribution in [3.8, 4) is 17.2 Å². The predicted molar refractivity (Wildman–Crippen MR) is 50.6 cm³/mol. The van der Waals surface area contributed by atoms with Crippen LogP contribution in [0.4, 0.5) is 0 Å². The Morgan fingerprint density at radius 2 is 1.92 bits per heavy atom. The molecular formula is C10H14O3. The molecule has 0 radical (unpaired) electrons. The van der Waals surface area contributed by atoms with Crippen LogP contribution in [0, 0.1) is 0 Å². The Hall–Kier alpha value is -1.38. The molecule has 1 N–H and O–H groups in total. The molecule has 0 amide bonds. The van der Waals surface area contributed by atoms with Crippen molar-refractivity contribution < 1.29 is 14.6 Å². The van der Waals surface area contributed by atoms with E-state index in [9.17, 15) is 5.11 Å². The highest BCUT2D eigenvalue weighted by Gasteiger charge is 2.11. The molecule has 3 nitrogen and oxygen atoms in total. The predicted octanol–water partition coefficient (Wildman–Crippen LogP) is 1.97. The lowest BCUT2D eigenvalue weighted by Crippen LogP contribution is -1.93. The Morgan fingerprint density at radius 1 is 1.23 bits per heavy atom. The number of phenols is 1. The van der Waals surface area contributed by atoms with Gasteiger partial charge in [0.25, 0.3) is 0 Å². The lowest BCUT2D eigenvalue weighted by atomic mass is 10.1. The number of benzene rings is 1. The molecule has 1 aromatic rings. The van der Waals surface area contributed by atoms with Gasteiger partial charge in [0.1, 0.15) is 0 Å². The van der Waals surface area contributed by atoms with Crippen LogP contribution in [0.25, 0.3) is 0 Å². The Bertz CT molecular complexity index is 294. The summed E-state index contributed by atoms with van der Waals surface area (Å²) in [6, 6.07) is 3.62. The fourth-order valence-corrected chi connectivity index (χ4v) is 1.27. The van der Waals surface area contributed by atoms with Gasteiger partial charge in [-0.1, -0.05) is 13.0 Å². The Kier molecular flexibility index (Phi) is 3.01. The van der Waals surface area contributed by atoms with Crippen molar-refractivity contribution in [3.63, 3.8) is 0 Å². The first kappa shape index (κ1) is 9.71. The van der Waals surface area contributed by atoms with Gasteiger partial charge in [0.05, 0.1) is 14.2 Å². The summed E-state index contributed by atoms with van der Waals surface area (Å²) in [5.74, 6) is 1.01. The summed E-state index contributed by atoms with van der Waals surface area (Å²) in [4.78, 5) is 0. The largest absolute Gasteiger partial charge is 0.502 e. The molecule has 0 aromatic heterocycles. The minimum atomic E-state index is 0.0735. The summed E-state index contributed by atoms with van der Waals surface area (Å²) in [6.45, 7) is 2.00. The zero-order chi connectivity index (χ0) is 9.84. The topological polar surface area (TPSA) is 38.7 Å². The smallest absolute Gasteiger partial charge is 0.201 e. The van der Waals surface area contributed by atoms with Gasteiger partial charge in [-0.3, -0.25) is 0 Å². The lowest BCUT2D eigenvalue weighted by Gasteiger charge is -2.11. The van der Waals surface area contributed by atoms with Crippen LogP contribution in [0.5, 0.6) is 17.2 Å². The maximum absolute atomic E-state index is 9.65. The van der Waals surface area contributed by atoms with Gasteiger partial charge < -0.3 is 14.6 Å². The third kappa shape index (κ3) is 1.69. The summed E-state index contributed by atoms with van der Waals surface area (Å²) in [5, 5.41) is 9.65. The molecule has 0 fully saturated rings. The zero-order valence-corrected chi connectivity index (χ0v) is 8.13. The number of hydrogen-bond acceptors (Lipinski definition) is 3. The van der Waals surface area contributed by atoms with E-state index in [1.165, 1.54) is 14.2 Å². The number of hydrogen-bond donors (Lipinski definition) is 1. The quantitative estimate of drug-likeness (QED) is 0.776. The van der Waals surface area contributed by atoms with Gasteiger partial charge in [-0.2, -0.15) is 0 Å². The first-order valence-corrected chi connectivity index (χ1v) is 4.17. The standard InChI is InChI=1S/C10H14O3/c1-4-7-5-6-8(12-2)9(11)10(7)13-3/h5-6,11H,4H2,1-3H3. The summed E-state index contributed by atoms with van der Waals surface area (Å²) in [6.07, 6.45) is 0.820. The highest BCUT2D eigenvalue weighted by molar-refractivity contribution is 5.54. The van der Waals surface area contributed by atoms with Gasteiger partial charge in [-0.25, -0.2) is 0 Å². The Labute approximate surface area is 77.9 Å². The van der Waals surface area contributed by atoms with E-state index < -0.39 is 0 Å². The molecule has 0 bridgehead atoms. The number of aryl methyl sites for hydroxylation is 1. The molecule has 13 heavy (non-hydrogen) atoms. The third-order valence-electron chi connectivity index (χ3n) is 1.98. The van der Waals surface area contributed by atoms with E-state index in [1.807, 2.05) is 13.0 Å². The van der Waals surface area contributed by atoms with E-state index in [-0.39, 0.29) is 5.75 Å². The molecule has 0 atom stereocenters. The van der Waals surface area contributed by atoms with Crippen molar-refractivity contribution >= 4 is 0 Å². The van der Waals surface area contributed by atoms with Crippen LogP contribution in [-0.2, 0) is 6.42 Å².